The zero-order chi connectivity index (χ0) is 15.3. The molecule has 0 spiro atoms. The van der Waals surface area contributed by atoms with Crippen LogP contribution in [0.2, 0.25) is 0 Å². The Labute approximate surface area is 115 Å². The molecular weight excluding hydrogens is 264 g/mol. The van der Waals surface area contributed by atoms with Crippen molar-refractivity contribution in [2.45, 2.75) is 26.3 Å². The molecule has 0 saturated heterocycles. The highest BCUT2D eigenvalue weighted by Crippen LogP contribution is 2.13. The van der Waals surface area contributed by atoms with E-state index in [-0.39, 0.29) is 0 Å². The molecule has 20 heavy (non-hydrogen) atoms. The summed E-state index contributed by atoms with van der Waals surface area (Å²) in [5, 5.41) is 21.9. The molecule has 7 heteroatoms. The molecule has 0 aliphatic heterocycles. The highest BCUT2D eigenvalue weighted by atomic mass is 16.4. The number of nitrogens with one attached hydrogen (secondary N) is 2. The van der Waals surface area contributed by atoms with Crippen molar-refractivity contribution in [2.24, 2.45) is 0 Å². The molecule has 2 amide bonds. The minimum Gasteiger partial charge on any atom is -0.481 e. The zero-order valence-electron chi connectivity index (χ0n) is 11.1. The quantitative estimate of drug-likeness (QED) is 0.649. The van der Waals surface area contributed by atoms with Crippen LogP contribution in [-0.4, -0.2) is 34.2 Å². The lowest BCUT2D eigenvalue weighted by Gasteiger charge is -2.13. The van der Waals surface area contributed by atoms with E-state index < -0.39 is 30.4 Å². The van der Waals surface area contributed by atoms with E-state index in [4.69, 9.17) is 10.2 Å². The van der Waals surface area contributed by atoms with Crippen molar-refractivity contribution < 1.29 is 24.6 Å². The predicted molar refractivity (Wildman–Crippen MR) is 71.7 cm³/mol. The summed E-state index contributed by atoms with van der Waals surface area (Å²) in [6, 6.07) is 2.99. The second-order valence-electron chi connectivity index (χ2n) is 4.39. The summed E-state index contributed by atoms with van der Waals surface area (Å²) >= 11 is 0. The van der Waals surface area contributed by atoms with Gasteiger partial charge in [0.05, 0.1) is 6.42 Å². The van der Waals surface area contributed by atoms with Gasteiger partial charge in [-0.2, -0.15) is 0 Å². The Morgan fingerprint density at radius 1 is 1.15 bits per heavy atom. The van der Waals surface area contributed by atoms with E-state index in [9.17, 15) is 14.4 Å². The first kappa shape index (κ1) is 15.5. The maximum atomic E-state index is 11.6. The molecule has 0 radical (unpaired) electrons. The molecule has 4 N–H and O–H groups in total. The number of urea groups is 1. The molecule has 0 saturated carbocycles. The molecule has 0 heterocycles. The maximum absolute atomic E-state index is 11.6. The third-order valence-corrected chi connectivity index (χ3v) is 2.75. The van der Waals surface area contributed by atoms with Crippen molar-refractivity contribution in [2.75, 3.05) is 5.32 Å². The van der Waals surface area contributed by atoms with Crippen LogP contribution in [0, 0.1) is 13.8 Å². The predicted octanol–water partition coefficient (Wildman–Crippen LogP) is 1.35. The summed E-state index contributed by atoms with van der Waals surface area (Å²) in [6.45, 7) is 3.80. The fourth-order valence-electron chi connectivity index (χ4n) is 1.52. The Balaban J connectivity index is 2.67. The molecule has 108 valence electrons. The molecule has 0 bridgehead atoms. The van der Waals surface area contributed by atoms with Crippen LogP contribution < -0.4 is 10.6 Å². The summed E-state index contributed by atoms with van der Waals surface area (Å²) in [6.07, 6.45) is -0.685. The molecule has 7 nitrogen and oxygen atoms in total. The van der Waals surface area contributed by atoms with Crippen LogP contribution >= 0.6 is 0 Å². The van der Waals surface area contributed by atoms with Gasteiger partial charge < -0.3 is 20.8 Å². The van der Waals surface area contributed by atoms with Gasteiger partial charge in [0.2, 0.25) is 0 Å². The largest absolute Gasteiger partial charge is 0.481 e. The number of carboxylic acid groups (broad SMARTS) is 2. The lowest BCUT2D eigenvalue weighted by atomic mass is 10.1. The van der Waals surface area contributed by atoms with Crippen molar-refractivity contribution in [1.29, 1.82) is 0 Å². The van der Waals surface area contributed by atoms with Crippen LogP contribution in [0.25, 0.3) is 0 Å². The van der Waals surface area contributed by atoms with Crippen LogP contribution in [0.4, 0.5) is 10.5 Å². The number of carboxylic acids is 2. The van der Waals surface area contributed by atoms with Crippen molar-refractivity contribution in [3.8, 4) is 0 Å². The van der Waals surface area contributed by atoms with E-state index in [2.05, 4.69) is 10.6 Å². The number of benzene rings is 1. The number of aliphatic carboxylic acids is 2. The first-order valence-electron chi connectivity index (χ1n) is 5.89. The average molecular weight is 280 g/mol. The minimum absolute atomic E-state index is 0.505. The fourth-order valence-corrected chi connectivity index (χ4v) is 1.52. The van der Waals surface area contributed by atoms with Gasteiger partial charge in [-0.1, -0.05) is 6.07 Å². The van der Waals surface area contributed by atoms with Crippen LogP contribution in [-0.2, 0) is 9.59 Å². The van der Waals surface area contributed by atoms with Crippen molar-refractivity contribution in [1.82, 2.24) is 5.32 Å². The smallest absolute Gasteiger partial charge is 0.326 e. The Hall–Kier alpha value is -2.57. The molecule has 1 aromatic carbocycles. The standard InChI is InChI=1S/C13H16N2O5/c1-7-3-4-9(5-8(7)2)14-13(20)15-10(12(18)19)6-11(16)17/h3-5,10H,6H2,1-2H3,(H,16,17)(H,18,19)(H2,14,15,20)/t10-/m1/s1. The SMILES string of the molecule is Cc1ccc(NC(=O)N[C@H](CC(=O)O)C(=O)O)cc1C. The topological polar surface area (TPSA) is 116 Å². The molecule has 0 aliphatic carbocycles. The molecular formula is C13H16N2O5. The van der Waals surface area contributed by atoms with Gasteiger partial charge in [0.1, 0.15) is 6.04 Å². The summed E-state index contributed by atoms with van der Waals surface area (Å²) < 4.78 is 0. The van der Waals surface area contributed by atoms with Crippen LogP contribution in [0.5, 0.6) is 0 Å². The number of rotatable bonds is 5. The van der Waals surface area contributed by atoms with Crippen LogP contribution in [0.15, 0.2) is 18.2 Å². The molecule has 1 atom stereocenters. The first-order chi connectivity index (χ1) is 9.29. The third kappa shape index (κ3) is 4.60. The van der Waals surface area contributed by atoms with Gasteiger partial charge in [-0.3, -0.25) is 4.79 Å². The summed E-state index contributed by atoms with van der Waals surface area (Å²) in [4.78, 5) is 32.9. The molecule has 0 fully saturated rings. The maximum Gasteiger partial charge on any atom is 0.326 e. The van der Waals surface area contributed by atoms with Crippen LogP contribution in [0.3, 0.4) is 0 Å². The molecule has 0 aromatic heterocycles. The van der Waals surface area contributed by atoms with Gasteiger partial charge in [0.15, 0.2) is 0 Å². The second kappa shape index (κ2) is 6.55. The van der Waals surface area contributed by atoms with Crippen molar-refractivity contribution >= 4 is 23.7 Å². The summed E-state index contributed by atoms with van der Waals surface area (Å²) in [5.74, 6) is -2.70. The zero-order valence-corrected chi connectivity index (χ0v) is 11.1. The highest BCUT2D eigenvalue weighted by molar-refractivity contribution is 5.93. The monoisotopic (exact) mass is 280 g/mol. The van der Waals surface area contributed by atoms with Gasteiger partial charge in [0.25, 0.3) is 0 Å². The highest BCUT2D eigenvalue weighted by Gasteiger charge is 2.22. The number of amides is 2. The van der Waals surface area contributed by atoms with Crippen LogP contribution in [0.1, 0.15) is 17.5 Å². The Kier molecular flexibility index (Phi) is 5.08. The number of carbonyl (C=O) groups is 3. The van der Waals surface area contributed by atoms with Gasteiger partial charge in [-0.25, -0.2) is 9.59 Å². The number of aryl methyl sites for hydroxylation is 2. The first-order valence-corrected chi connectivity index (χ1v) is 5.89. The number of anilines is 1. The minimum atomic E-state index is -1.47. The second-order valence-corrected chi connectivity index (χ2v) is 4.39. The summed E-state index contributed by atoms with van der Waals surface area (Å²) in [5.41, 5.74) is 2.54. The molecule has 0 aliphatic rings. The third-order valence-electron chi connectivity index (χ3n) is 2.75. The fraction of sp³-hybridized carbons (Fsp3) is 0.308. The lowest BCUT2D eigenvalue weighted by molar-refractivity contribution is -0.145. The van der Waals surface area contributed by atoms with E-state index in [1.165, 1.54) is 0 Å². The molecule has 1 aromatic rings. The van der Waals surface area contributed by atoms with E-state index in [1.54, 1.807) is 12.1 Å². The van der Waals surface area contributed by atoms with E-state index in [0.29, 0.717) is 5.69 Å². The Morgan fingerprint density at radius 3 is 2.30 bits per heavy atom. The average Bonchev–Trinajstić information content (AvgIpc) is 2.32. The lowest BCUT2D eigenvalue weighted by Crippen LogP contribution is -2.44. The summed E-state index contributed by atoms with van der Waals surface area (Å²) in [7, 11) is 0. The van der Waals surface area contributed by atoms with Crippen molar-refractivity contribution in [3.05, 3.63) is 29.3 Å². The van der Waals surface area contributed by atoms with E-state index in [1.807, 2.05) is 19.9 Å². The van der Waals surface area contributed by atoms with Gasteiger partial charge in [-0.05, 0) is 37.1 Å². The molecule has 1 rings (SSSR count). The normalized spacial score (nSPS) is 11.5. The Morgan fingerprint density at radius 2 is 1.80 bits per heavy atom. The Bertz CT molecular complexity index is 542. The number of carbonyl (C=O) groups excluding carboxylic acids is 1. The van der Waals surface area contributed by atoms with Crippen molar-refractivity contribution in [3.63, 3.8) is 0 Å². The van der Waals surface area contributed by atoms with Gasteiger partial charge in [-0.15, -0.1) is 0 Å². The number of hydrogen-bond donors (Lipinski definition) is 4. The van der Waals surface area contributed by atoms with Gasteiger partial charge >= 0.3 is 18.0 Å². The number of hydrogen-bond acceptors (Lipinski definition) is 3. The molecule has 0 unspecified atom stereocenters. The van der Waals surface area contributed by atoms with E-state index >= 15 is 0 Å². The van der Waals surface area contributed by atoms with Gasteiger partial charge in [0, 0.05) is 5.69 Å². The van der Waals surface area contributed by atoms with E-state index in [0.717, 1.165) is 11.1 Å².